The van der Waals surface area contributed by atoms with Crippen LogP contribution < -0.4 is 15.4 Å². The number of hydrogen-bond acceptors (Lipinski definition) is 3. The summed E-state index contributed by atoms with van der Waals surface area (Å²) in [4.78, 5) is 0. The molecule has 0 radical (unpaired) electrons. The Kier molecular flexibility index (Phi) is 5.43. The quantitative estimate of drug-likeness (QED) is 0.751. The zero-order valence-electron chi connectivity index (χ0n) is 12.4. The number of ether oxygens (including phenoxy) is 1. The average Bonchev–Trinajstić information content (AvgIpc) is 2.45. The van der Waals surface area contributed by atoms with Gasteiger partial charge in [0, 0.05) is 30.5 Å². The van der Waals surface area contributed by atoms with Crippen molar-refractivity contribution in [3.05, 3.63) is 54.3 Å². The van der Waals surface area contributed by atoms with E-state index in [2.05, 4.69) is 10.6 Å². The summed E-state index contributed by atoms with van der Waals surface area (Å²) in [5.74, 6) is 0.641. The first kappa shape index (κ1) is 15.2. The van der Waals surface area contributed by atoms with Gasteiger partial charge in [0.15, 0.2) is 0 Å². The van der Waals surface area contributed by atoms with E-state index in [0.717, 1.165) is 30.2 Å². The molecule has 3 nitrogen and oxygen atoms in total. The highest BCUT2D eigenvalue weighted by atomic mass is 19.1. The van der Waals surface area contributed by atoms with Crippen molar-refractivity contribution in [3.63, 3.8) is 0 Å². The Morgan fingerprint density at radius 2 is 1.62 bits per heavy atom. The standard InChI is InChI=1S/C17H21FN2O/c1-13(2)21-17-5-3-4-16(12-17)20-11-10-19-15-8-6-14(18)7-9-15/h3-9,12-13,19-20H,10-11H2,1-2H3. The molecule has 112 valence electrons. The molecule has 2 N–H and O–H groups in total. The summed E-state index contributed by atoms with van der Waals surface area (Å²) < 4.78 is 18.4. The number of nitrogens with one attached hydrogen (secondary N) is 2. The van der Waals surface area contributed by atoms with Crippen molar-refractivity contribution in [2.75, 3.05) is 23.7 Å². The highest BCUT2D eigenvalue weighted by molar-refractivity contribution is 5.49. The molecule has 21 heavy (non-hydrogen) atoms. The van der Waals surface area contributed by atoms with Crippen LogP contribution in [0.5, 0.6) is 5.75 Å². The Morgan fingerprint density at radius 3 is 2.29 bits per heavy atom. The summed E-state index contributed by atoms with van der Waals surface area (Å²) >= 11 is 0. The largest absolute Gasteiger partial charge is 0.491 e. The summed E-state index contributed by atoms with van der Waals surface area (Å²) in [6.07, 6.45) is 0.167. The summed E-state index contributed by atoms with van der Waals surface area (Å²) in [5, 5.41) is 6.55. The van der Waals surface area contributed by atoms with E-state index in [1.165, 1.54) is 12.1 Å². The third-order valence-electron chi connectivity index (χ3n) is 2.83. The molecule has 0 aromatic heterocycles. The summed E-state index contributed by atoms with van der Waals surface area (Å²) in [6, 6.07) is 14.3. The SMILES string of the molecule is CC(C)Oc1cccc(NCCNc2ccc(F)cc2)c1. The van der Waals surface area contributed by atoms with Gasteiger partial charge in [0.1, 0.15) is 11.6 Å². The number of hydrogen-bond donors (Lipinski definition) is 2. The van der Waals surface area contributed by atoms with E-state index in [9.17, 15) is 4.39 Å². The van der Waals surface area contributed by atoms with Gasteiger partial charge >= 0.3 is 0 Å². The number of halogens is 1. The summed E-state index contributed by atoms with van der Waals surface area (Å²) in [6.45, 7) is 5.53. The Bertz CT molecular complexity index is 555. The predicted octanol–water partition coefficient (Wildman–Crippen LogP) is 4.14. The first-order valence-corrected chi connectivity index (χ1v) is 7.13. The lowest BCUT2D eigenvalue weighted by Gasteiger charge is -2.12. The Balaban J connectivity index is 1.76. The van der Waals surface area contributed by atoms with Crippen LogP contribution in [0.3, 0.4) is 0 Å². The van der Waals surface area contributed by atoms with Gasteiger partial charge < -0.3 is 15.4 Å². The van der Waals surface area contributed by atoms with Crippen molar-refractivity contribution in [1.29, 1.82) is 0 Å². The lowest BCUT2D eigenvalue weighted by molar-refractivity contribution is 0.242. The smallest absolute Gasteiger partial charge is 0.123 e. The van der Waals surface area contributed by atoms with Crippen LogP contribution in [0.1, 0.15) is 13.8 Å². The van der Waals surface area contributed by atoms with E-state index < -0.39 is 0 Å². The third-order valence-corrected chi connectivity index (χ3v) is 2.83. The van der Waals surface area contributed by atoms with Crippen LogP contribution in [0.15, 0.2) is 48.5 Å². The molecule has 0 saturated heterocycles. The minimum atomic E-state index is -0.222. The minimum absolute atomic E-state index is 0.167. The van der Waals surface area contributed by atoms with Gasteiger partial charge in [-0.25, -0.2) is 4.39 Å². The molecule has 0 unspecified atom stereocenters. The van der Waals surface area contributed by atoms with Gasteiger partial charge in [-0.05, 0) is 50.2 Å². The maximum absolute atomic E-state index is 12.8. The van der Waals surface area contributed by atoms with Crippen molar-refractivity contribution in [2.45, 2.75) is 20.0 Å². The zero-order chi connectivity index (χ0) is 15.1. The van der Waals surface area contributed by atoms with Gasteiger partial charge in [-0.15, -0.1) is 0 Å². The minimum Gasteiger partial charge on any atom is -0.491 e. The molecule has 4 heteroatoms. The average molecular weight is 288 g/mol. The number of benzene rings is 2. The van der Waals surface area contributed by atoms with Crippen LogP contribution in [0.25, 0.3) is 0 Å². The van der Waals surface area contributed by atoms with Crippen LogP contribution in [-0.2, 0) is 0 Å². The molecule has 0 amide bonds. The first-order chi connectivity index (χ1) is 10.1. The van der Waals surface area contributed by atoms with Crippen LogP contribution in [0.2, 0.25) is 0 Å². The number of anilines is 2. The van der Waals surface area contributed by atoms with E-state index >= 15 is 0 Å². The van der Waals surface area contributed by atoms with Crippen molar-refractivity contribution in [3.8, 4) is 5.75 Å². The predicted molar refractivity (Wildman–Crippen MR) is 85.6 cm³/mol. The van der Waals surface area contributed by atoms with Gasteiger partial charge in [-0.3, -0.25) is 0 Å². The lowest BCUT2D eigenvalue weighted by atomic mass is 10.3. The maximum Gasteiger partial charge on any atom is 0.123 e. The van der Waals surface area contributed by atoms with E-state index in [0.29, 0.717) is 0 Å². The molecule has 0 fully saturated rings. The molecular weight excluding hydrogens is 267 g/mol. The zero-order valence-corrected chi connectivity index (χ0v) is 12.4. The van der Waals surface area contributed by atoms with Crippen molar-refractivity contribution in [2.24, 2.45) is 0 Å². The van der Waals surface area contributed by atoms with E-state index in [4.69, 9.17) is 4.74 Å². The molecule has 2 aromatic carbocycles. The first-order valence-electron chi connectivity index (χ1n) is 7.13. The molecule has 2 aromatic rings. The van der Waals surface area contributed by atoms with Gasteiger partial charge in [0.05, 0.1) is 6.10 Å². The number of rotatable bonds is 7. The third kappa shape index (κ3) is 5.34. The van der Waals surface area contributed by atoms with Gasteiger partial charge in [0.25, 0.3) is 0 Å². The van der Waals surface area contributed by atoms with Crippen LogP contribution in [-0.4, -0.2) is 19.2 Å². The maximum atomic E-state index is 12.8. The molecule has 0 bridgehead atoms. The second kappa shape index (κ2) is 7.53. The fourth-order valence-electron chi connectivity index (χ4n) is 1.93. The van der Waals surface area contributed by atoms with E-state index in [1.54, 1.807) is 12.1 Å². The Hall–Kier alpha value is -2.23. The highest BCUT2D eigenvalue weighted by Crippen LogP contribution is 2.18. The van der Waals surface area contributed by atoms with Gasteiger partial charge in [-0.1, -0.05) is 6.07 Å². The monoisotopic (exact) mass is 288 g/mol. The van der Waals surface area contributed by atoms with Crippen LogP contribution in [0, 0.1) is 5.82 Å². The molecule has 0 aliphatic heterocycles. The molecule has 0 aliphatic carbocycles. The van der Waals surface area contributed by atoms with Gasteiger partial charge in [-0.2, -0.15) is 0 Å². The summed E-state index contributed by atoms with van der Waals surface area (Å²) in [5.41, 5.74) is 1.93. The van der Waals surface area contributed by atoms with Crippen molar-refractivity contribution < 1.29 is 9.13 Å². The van der Waals surface area contributed by atoms with Crippen LogP contribution >= 0.6 is 0 Å². The van der Waals surface area contributed by atoms with Gasteiger partial charge in [0.2, 0.25) is 0 Å². The van der Waals surface area contributed by atoms with E-state index in [-0.39, 0.29) is 11.9 Å². The Labute approximate surface area is 125 Å². The topological polar surface area (TPSA) is 33.3 Å². The van der Waals surface area contributed by atoms with Crippen molar-refractivity contribution >= 4 is 11.4 Å². The molecular formula is C17H21FN2O. The van der Waals surface area contributed by atoms with Crippen LogP contribution in [0.4, 0.5) is 15.8 Å². The second-order valence-electron chi connectivity index (χ2n) is 5.05. The lowest BCUT2D eigenvalue weighted by Crippen LogP contribution is -2.13. The fraction of sp³-hybridized carbons (Fsp3) is 0.294. The molecule has 0 heterocycles. The van der Waals surface area contributed by atoms with E-state index in [1.807, 2.05) is 38.1 Å². The summed E-state index contributed by atoms with van der Waals surface area (Å²) in [7, 11) is 0. The molecule has 0 atom stereocenters. The fourth-order valence-corrected chi connectivity index (χ4v) is 1.93. The molecule has 0 saturated carbocycles. The Morgan fingerprint density at radius 1 is 0.952 bits per heavy atom. The highest BCUT2D eigenvalue weighted by Gasteiger charge is 1.99. The molecule has 0 aliphatic rings. The molecule has 2 rings (SSSR count). The normalized spacial score (nSPS) is 10.5. The second-order valence-corrected chi connectivity index (χ2v) is 5.05. The molecule has 0 spiro atoms. The van der Waals surface area contributed by atoms with Crippen molar-refractivity contribution in [1.82, 2.24) is 0 Å².